The van der Waals surface area contributed by atoms with Crippen LogP contribution in [0.25, 0.3) is 0 Å². The molecule has 0 amide bonds. The summed E-state index contributed by atoms with van der Waals surface area (Å²) >= 11 is 4.56. The molecule has 1 rings (SSSR count). The van der Waals surface area contributed by atoms with Gasteiger partial charge >= 0.3 is 0 Å². The topological polar surface area (TPSA) is 0 Å². The Morgan fingerprint density at radius 3 is 2.45 bits per heavy atom. The summed E-state index contributed by atoms with van der Waals surface area (Å²) < 4.78 is 0. The second kappa shape index (κ2) is 4.48. The molecular weight excluding hydrogens is 220 g/mol. The van der Waals surface area contributed by atoms with Gasteiger partial charge in [0, 0.05) is 20.8 Å². The molecule has 0 aliphatic rings. The molecule has 1 aromatic rings. The third-order valence-corrected chi connectivity index (χ3v) is 2.40. The summed E-state index contributed by atoms with van der Waals surface area (Å²) in [6.45, 7) is 2.07. The Hall–Kier alpha value is -0.390. The Morgan fingerprint density at radius 2 is 1.91 bits per heavy atom. The summed E-state index contributed by atoms with van der Waals surface area (Å²) in [5.74, 6) is 0. The highest BCUT2D eigenvalue weighted by Gasteiger charge is 1.88. The molecule has 0 heterocycles. The van der Waals surface area contributed by atoms with Gasteiger partial charge < -0.3 is 0 Å². The van der Waals surface area contributed by atoms with E-state index in [-0.39, 0.29) is 0 Å². The second-order valence-electron chi connectivity index (χ2n) is 2.11. The van der Waals surface area contributed by atoms with Crippen molar-refractivity contribution < 1.29 is 0 Å². The van der Waals surface area contributed by atoms with Gasteiger partial charge in [-0.15, -0.1) is 0 Å². The minimum atomic E-state index is 1.18. The molecule has 0 atom stereocenters. The smallest absolute Gasteiger partial charge is 0.0203 e. The molecule has 2 heteroatoms. The van der Waals surface area contributed by atoms with Crippen LogP contribution in [0.15, 0.2) is 29.2 Å². The Balaban J connectivity index is 2.71. The van der Waals surface area contributed by atoms with Crippen LogP contribution in [-0.4, -0.2) is 0 Å². The highest BCUT2D eigenvalue weighted by Crippen LogP contribution is 2.16. The predicted molar refractivity (Wildman–Crippen MR) is 53.7 cm³/mol. The number of rotatable bonds is 1. The molecule has 56 valence electrons. The zero-order chi connectivity index (χ0) is 8.10. The number of benzene rings is 1. The monoisotopic (exact) mass is 226 g/mol. The second-order valence-corrected chi connectivity index (χ2v) is 3.39. The quantitative estimate of drug-likeness (QED) is 0.523. The Labute approximate surface area is 79.5 Å². The van der Waals surface area contributed by atoms with E-state index in [1.54, 1.807) is 0 Å². The van der Waals surface area contributed by atoms with Crippen molar-refractivity contribution in [3.05, 3.63) is 29.8 Å². The van der Waals surface area contributed by atoms with Crippen molar-refractivity contribution >= 4 is 27.7 Å². The summed E-state index contributed by atoms with van der Waals surface area (Å²) in [7, 11) is 0. The first-order valence-corrected chi connectivity index (χ1v) is 4.78. The van der Waals surface area contributed by atoms with Gasteiger partial charge in [0.15, 0.2) is 0 Å². The van der Waals surface area contributed by atoms with E-state index in [9.17, 15) is 0 Å². The molecule has 0 bridgehead atoms. The van der Waals surface area contributed by atoms with Gasteiger partial charge in [-0.3, -0.25) is 0 Å². The lowest BCUT2D eigenvalue weighted by Crippen LogP contribution is -1.70. The standard InChI is InChI=1S/C9H7BrS/c1-8-2-4-9(5-3-8)11-7-6-10/h2-5H,1H3. The largest absolute Gasteiger partial charge is 0.0582 e. The highest BCUT2D eigenvalue weighted by molar-refractivity contribution is 9.12. The van der Waals surface area contributed by atoms with E-state index in [2.05, 4.69) is 57.2 Å². The fourth-order valence-electron chi connectivity index (χ4n) is 0.685. The first kappa shape index (κ1) is 8.70. The van der Waals surface area contributed by atoms with E-state index in [1.165, 1.54) is 22.2 Å². The van der Waals surface area contributed by atoms with Crippen LogP contribution < -0.4 is 0 Å². The fourth-order valence-corrected chi connectivity index (χ4v) is 1.36. The van der Waals surface area contributed by atoms with Crippen LogP contribution in [-0.2, 0) is 0 Å². The maximum atomic E-state index is 3.04. The first-order valence-electron chi connectivity index (χ1n) is 3.17. The molecule has 11 heavy (non-hydrogen) atoms. The van der Waals surface area contributed by atoms with E-state index in [0.29, 0.717) is 0 Å². The van der Waals surface area contributed by atoms with Crippen molar-refractivity contribution in [3.8, 4) is 10.1 Å². The highest BCUT2D eigenvalue weighted by atomic mass is 79.9. The number of halogens is 1. The van der Waals surface area contributed by atoms with Crippen molar-refractivity contribution in [2.75, 3.05) is 0 Å². The van der Waals surface area contributed by atoms with Crippen LogP contribution in [0.2, 0.25) is 0 Å². The van der Waals surface area contributed by atoms with Gasteiger partial charge in [0.1, 0.15) is 0 Å². The molecule has 0 fully saturated rings. The SMILES string of the molecule is Cc1ccc(SC#CBr)cc1. The summed E-state index contributed by atoms with van der Waals surface area (Å²) in [6.07, 6.45) is 0. The lowest BCUT2D eigenvalue weighted by molar-refractivity contribution is 1.38. The Morgan fingerprint density at radius 1 is 1.27 bits per heavy atom. The van der Waals surface area contributed by atoms with Gasteiger partial charge in [0.25, 0.3) is 0 Å². The van der Waals surface area contributed by atoms with E-state index >= 15 is 0 Å². The van der Waals surface area contributed by atoms with Crippen LogP contribution in [0.1, 0.15) is 5.56 Å². The van der Waals surface area contributed by atoms with Crippen LogP contribution in [0.3, 0.4) is 0 Å². The maximum absolute atomic E-state index is 3.04. The average Bonchev–Trinajstić information content (AvgIpc) is 2.04. The number of thioether (sulfide) groups is 1. The summed E-state index contributed by atoms with van der Waals surface area (Å²) in [5.41, 5.74) is 1.28. The van der Waals surface area contributed by atoms with Crippen molar-refractivity contribution in [2.45, 2.75) is 11.8 Å². The van der Waals surface area contributed by atoms with Crippen molar-refractivity contribution in [3.63, 3.8) is 0 Å². The van der Waals surface area contributed by atoms with Gasteiger partial charge in [-0.1, -0.05) is 17.7 Å². The molecule has 1 aromatic carbocycles. The third-order valence-electron chi connectivity index (χ3n) is 1.23. The maximum Gasteiger partial charge on any atom is 0.0203 e. The first-order chi connectivity index (χ1) is 5.33. The molecule has 0 saturated heterocycles. The van der Waals surface area contributed by atoms with E-state index in [4.69, 9.17) is 0 Å². The number of aryl methyl sites for hydroxylation is 1. The van der Waals surface area contributed by atoms with Crippen LogP contribution in [0.5, 0.6) is 0 Å². The molecule has 0 N–H and O–H groups in total. The van der Waals surface area contributed by atoms with Crippen molar-refractivity contribution in [1.82, 2.24) is 0 Å². The minimum absolute atomic E-state index is 1.18. The molecule has 0 aliphatic carbocycles. The summed E-state index contributed by atoms with van der Waals surface area (Å²) in [4.78, 5) is 3.84. The van der Waals surface area contributed by atoms with Crippen LogP contribution >= 0.6 is 27.7 Å². The van der Waals surface area contributed by atoms with Crippen molar-refractivity contribution in [2.24, 2.45) is 0 Å². The number of hydrogen-bond donors (Lipinski definition) is 0. The summed E-state index contributed by atoms with van der Waals surface area (Å²) in [6, 6.07) is 8.30. The van der Waals surface area contributed by atoms with Crippen LogP contribution in [0, 0.1) is 17.0 Å². The molecule has 0 aliphatic heterocycles. The minimum Gasteiger partial charge on any atom is -0.0582 e. The van der Waals surface area contributed by atoms with Crippen LogP contribution in [0.4, 0.5) is 0 Å². The molecule has 0 spiro atoms. The van der Waals surface area contributed by atoms with Gasteiger partial charge in [-0.2, -0.15) is 0 Å². The Bertz CT molecular complexity index is 279. The molecule has 0 unspecified atom stereocenters. The predicted octanol–water partition coefficient (Wildman–Crippen LogP) is 3.40. The molecule has 0 saturated carbocycles. The van der Waals surface area contributed by atoms with Crippen molar-refractivity contribution in [1.29, 1.82) is 0 Å². The third kappa shape index (κ3) is 3.00. The zero-order valence-corrected chi connectivity index (χ0v) is 8.50. The molecular formula is C9H7BrS. The van der Waals surface area contributed by atoms with E-state index < -0.39 is 0 Å². The average molecular weight is 227 g/mol. The summed E-state index contributed by atoms with van der Waals surface area (Å²) in [5, 5.41) is 2.87. The van der Waals surface area contributed by atoms with Gasteiger partial charge in [0.2, 0.25) is 0 Å². The molecule has 0 nitrogen and oxygen atoms in total. The van der Waals surface area contributed by atoms with Gasteiger partial charge in [-0.05, 0) is 40.9 Å². The Kier molecular flexibility index (Phi) is 3.55. The normalized spacial score (nSPS) is 8.55. The fraction of sp³-hybridized carbons (Fsp3) is 0.111. The van der Waals surface area contributed by atoms with E-state index in [0.717, 1.165) is 0 Å². The van der Waals surface area contributed by atoms with E-state index in [1.807, 2.05) is 0 Å². The lowest BCUT2D eigenvalue weighted by atomic mass is 10.2. The van der Waals surface area contributed by atoms with Gasteiger partial charge in [-0.25, -0.2) is 0 Å². The number of hydrogen-bond acceptors (Lipinski definition) is 1. The zero-order valence-electron chi connectivity index (χ0n) is 6.10. The molecule has 0 radical (unpaired) electrons. The van der Waals surface area contributed by atoms with Gasteiger partial charge in [0.05, 0.1) is 0 Å². The molecule has 0 aromatic heterocycles. The lowest BCUT2D eigenvalue weighted by Gasteiger charge is -1.93.